The molecule has 0 spiro atoms. The van der Waals surface area contributed by atoms with Gasteiger partial charge in [0.2, 0.25) is 5.91 Å². The van der Waals surface area contributed by atoms with Crippen molar-refractivity contribution in [1.29, 1.82) is 0 Å². The number of rotatable bonds is 6. The lowest BCUT2D eigenvalue weighted by Gasteiger charge is -2.27. The van der Waals surface area contributed by atoms with Crippen LogP contribution in [0.3, 0.4) is 0 Å². The molecule has 1 fully saturated rings. The van der Waals surface area contributed by atoms with Gasteiger partial charge in [0.1, 0.15) is 11.6 Å². The van der Waals surface area contributed by atoms with E-state index in [1.54, 1.807) is 69.1 Å². The predicted octanol–water partition coefficient (Wildman–Crippen LogP) is 3.91. The molecule has 1 N–H and O–H groups in total. The minimum Gasteiger partial charge on any atom is -0.444 e. The fourth-order valence-corrected chi connectivity index (χ4v) is 4.44. The highest BCUT2D eigenvalue weighted by atomic mass is 16.6. The first-order chi connectivity index (χ1) is 17.5. The lowest BCUT2D eigenvalue weighted by molar-refractivity contribution is -0.131. The van der Waals surface area contributed by atoms with Crippen LogP contribution < -0.4 is 15.8 Å². The number of amides is 2. The quantitative estimate of drug-likeness (QED) is 0.534. The van der Waals surface area contributed by atoms with Crippen LogP contribution in [-0.4, -0.2) is 58.6 Å². The van der Waals surface area contributed by atoms with E-state index in [0.29, 0.717) is 36.3 Å². The third kappa shape index (κ3) is 6.07. The number of pyridine rings is 1. The van der Waals surface area contributed by atoms with E-state index in [1.807, 2.05) is 12.1 Å². The van der Waals surface area contributed by atoms with Crippen LogP contribution in [0.1, 0.15) is 44.7 Å². The molecule has 0 radical (unpaired) electrons. The summed E-state index contributed by atoms with van der Waals surface area (Å²) in [5.74, 6) is -0.0378. The zero-order valence-corrected chi connectivity index (χ0v) is 21.9. The molecule has 2 aromatic heterocycles. The molecule has 1 atom stereocenters. The van der Waals surface area contributed by atoms with Gasteiger partial charge in [-0.2, -0.15) is 4.98 Å². The van der Waals surface area contributed by atoms with Gasteiger partial charge in [-0.3, -0.25) is 15.1 Å². The molecule has 37 heavy (non-hydrogen) atoms. The Morgan fingerprint density at radius 2 is 1.95 bits per heavy atom. The summed E-state index contributed by atoms with van der Waals surface area (Å²) in [7, 11) is 1.78. The number of carbonyl (C=O) groups is 2. The van der Waals surface area contributed by atoms with Crippen molar-refractivity contribution in [2.24, 2.45) is 0 Å². The fourth-order valence-electron chi connectivity index (χ4n) is 4.44. The summed E-state index contributed by atoms with van der Waals surface area (Å²) in [6.07, 6.45) is 5.02. The molecule has 10 nitrogen and oxygen atoms in total. The molecule has 2 amide bonds. The molecule has 10 heteroatoms. The molecule has 4 rings (SSSR count). The number of nitrogens with zero attached hydrogens (tertiary/aromatic N) is 4. The van der Waals surface area contributed by atoms with Crippen molar-refractivity contribution in [3.8, 4) is 0 Å². The van der Waals surface area contributed by atoms with Crippen molar-refractivity contribution in [3.05, 3.63) is 58.2 Å². The Bertz CT molecular complexity index is 1350. The molecule has 0 aliphatic carbocycles. The van der Waals surface area contributed by atoms with Gasteiger partial charge in [-0.15, -0.1) is 0 Å². The van der Waals surface area contributed by atoms with E-state index in [2.05, 4.69) is 15.3 Å². The topological polar surface area (TPSA) is 118 Å². The number of aromatic nitrogens is 2. The second-order valence-electron chi connectivity index (χ2n) is 10.3. The Hall–Kier alpha value is -3.95. The Labute approximate surface area is 215 Å². The molecular formula is C27H33N5O5. The predicted molar refractivity (Wildman–Crippen MR) is 141 cm³/mol. The van der Waals surface area contributed by atoms with Crippen LogP contribution >= 0.6 is 0 Å². The van der Waals surface area contributed by atoms with Crippen LogP contribution in [0.15, 0.2) is 45.9 Å². The second-order valence-corrected chi connectivity index (χ2v) is 10.3. The zero-order valence-electron chi connectivity index (χ0n) is 21.9. The first-order valence-corrected chi connectivity index (χ1v) is 12.4. The molecule has 3 aromatic rings. The Morgan fingerprint density at radius 1 is 1.22 bits per heavy atom. The average molecular weight is 508 g/mol. The van der Waals surface area contributed by atoms with Crippen LogP contribution in [0.2, 0.25) is 0 Å². The Morgan fingerprint density at radius 3 is 2.65 bits per heavy atom. The van der Waals surface area contributed by atoms with Crippen LogP contribution in [0.5, 0.6) is 0 Å². The molecule has 1 aliphatic rings. The molecule has 0 unspecified atom stereocenters. The number of aryl methyl sites for hydroxylation is 1. The number of fused-ring (bicyclic) bond motifs is 1. The SMILES string of the molecule is Cc1c(NC(=O)OC(C)(C)C)ccc2nc(N3CCC[C@H]3C(=O)N(C)CCc3ccncc3)oc(=O)c12. The maximum Gasteiger partial charge on any atom is 0.412 e. The lowest BCUT2D eigenvalue weighted by atomic mass is 10.1. The van der Waals surface area contributed by atoms with Crippen molar-refractivity contribution in [2.75, 3.05) is 30.4 Å². The zero-order chi connectivity index (χ0) is 26.7. The Kier molecular flexibility index (Phi) is 7.47. The molecule has 1 aliphatic heterocycles. The molecular weight excluding hydrogens is 474 g/mol. The molecule has 3 heterocycles. The number of carbonyl (C=O) groups excluding carboxylic acids is 2. The van der Waals surface area contributed by atoms with E-state index < -0.39 is 23.4 Å². The van der Waals surface area contributed by atoms with E-state index in [1.165, 1.54) is 0 Å². The van der Waals surface area contributed by atoms with Gasteiger partial charge in [-0.05, 0) is 82.3 Å². The number of ether oxygens (including phenoxy) is 1. The number of hydrogen-bond donors (Lipinski definition) is 1. The summed E-state index contributed by atoms with van der Waals surface area (Å²) in [6.45, 7) is 8.16. The third-order valence-corrected chi connectivity index (χ3v) is 6.33. The highest BCUT2D eigenvalue weighted by molar-refractivity contribution is 5.93. The second kappa shape index (κ2) is 10.6. The monoisotopic (exact) mass is 507 g/mol. The van der Waals surface area contributed by atoms with Crippen molar-refractivity contribution >= 4 is 34.6 Å². The van der Waals surface area contributed by atoms with E-state index in [9.17, 15) is 14.4 Å². The summed E-state index contributed by atoms with van der Waals surface area (Å²) < 4.78 is 10.9. The maximum absolute atomic E-state index is 13.3. The van der Waals surface area contributed by atoms with Gasteiger partial charge < -0.3 is 19.0 Å². The molecule has 0 bridgehead atoms. The normalized spacial score (nSPS) is 15.6. The number of anilines is 2. The van der Waals surface area contributed by atoms with Crippen molar-refractivity contribution in [1.82, 2.24) is 14.9 Å². The number of likely N-dealkylation sites (N-methyl/N-ethyl adjacent to an activating group) is 1. The summed E-state index contributed by atoms with van der Waals surface area (Å²) in [5, 5.41) is 2.95. The van der Waals surface area contributed by atoms with E-state index in [4.69, 9.17) is 9.15 Å². The fraction of sp³-hybridized carbons (Fsp3) is 0.444. The number of hydrogen-bond acceptors (Lipinski definition) is 8. The smallest absolute Gasteiger partial charge is 0.412 e. The molecule has 1 aromatic carbocycles. The van der Waals surface area contributed by atoms with Gasteiger partial charge in [0.05, 0.1) is 10.9 Å². The molecule has 0 saturated carbocycles. The van der Waals surface area contributed by atoms with Crippen LogP contribution in [0.25, 0.3) is 10.9 Å². The molecule has 196 valence electrons. The van der Waals surface area contributed by atoms with E-state index >= 15 is 0 Å². The highest BCUT2D eigenvalue weighted by Crippen LogP contribution is 2.28. The number of benzene rings is 1. The van der Waals surface area contributed by atoms with Crippen LogP contribution in [0, 0.1) is 6.92 Å². The minimum absolute atomic E-state index is 0.0378. The standard InChI is InChI=1S/C27H33N5O5/c1-17-19(30-26(35)37-27(2,3)4)8-9-20-22(17)24(34)36-25(29-20)32-15-6-7-21(32)23(33)31(5)16-12-18-10-13-28-14-11-18/h8-11,13-14,21H,6-7,12,15-16H2,1-5H3,(H,30,35)/t21-/m0/s1. The maximum atomic E-state index is 13.3. The summed E-state index contributed by atoms with van der Waals surface area (Å²) in [5.41, 5.74) is 1.28. The van der Waals surface area contributed by atoms with Crippen LogP contribution in [0.4, 0.5) is 16.5 Å². The van der Waals surface area contributed by atoms with Gasteiger partial charge in [-0.25, -0.2) is 9.59 Å². The Balaban J connectivity index is 1.53. The van der Waals surface area contributed by atoms with Gasteiger partial charge in [0.15, 0.2) is 0 Å². The third-order valence-electron chi connectivity index (χ3n) is 6.33. The van der Waals surface area contributed by atoms with Crippen molar-refractivity contribution < 1.29 is 18.7 Å². The lowest BCUT2D eigenvalue weighted by Crippen LogP contribution is -2.45. The van der Waals surface area contributed by atoms with E-state index in [0.717, 1.165) is 18.4 Å². The first-order valence-electron chi connectivity index (χ1n) is 12.4. The van der Waals surface area contributed by atoms with Gasteiger partial charge in [0, 0.05) is 38.2 Å². The summed E-state index contributed by atoms with van der Waals surface area (Å²) >= 11 is 0. The van der Waals surface area contributed by atoms with Crippen LogP contribution in [-0.2, 0) is 16.0 Å². The molecule has 1 saturated heterocycles. The summed E-state index contributed by atoms with van der Waals surface area (Å²) in [6, 6.07) is 6.88. The van der Waals surface area contributed by atoms with Gasteiger partial charge in [0.25, 0.3) is 0 Å². The largest absolute Gasteiger partial charge is 0.444 e. The summed E-state index contributed by atoms with van der Waals surface area (Å²) in [4.78, 5) is 50.6. The van der Waals surface area contributed by atoms with E-state index in [-0.39, 0.29) is 17.3 Å². The average Bonchev–Trinajstić information content (AvgIpc) is 3.33. The first kappa shape index (κ1) is 26.1. The highest BCUT2D eigenvalue weighted by Gasteiger charge is 2.35. The van der Waals surface area contributed by atoms with Gasteiger partial charge >= 0.3 is 17.7 Å². The minimum atomic E-state index is -0.652. The number of nitrogens with one attached hydrogen (secondary N) is 1. The van der Waals surface area contributed by atoms with Gasteiger partial charge in [-0.1, -0.05) is 0 Å². The van der Waals surface area contributed by atoms with Crippen molar-refractivity contribution in [3.63, 3.8) is 0 Å². The van der Waals surface area contributed by atoms with Crippen molar-refractivity contribution in [2.45, 2.75) is 58.6 Å².